The van der Waals surface area contributed by atoms with Gasteiger partial charge in [0.2, 0.25) is 5.91 Å². The molecule has 2 amide bonds. The van der Waals surface area contributed by atoms with E-state index in [4.69, 9.17) is 23.2 Å². The minimum atomic E-state index is -1.06. The van der Waals surface area contributed by atoms with Crippen LogP contribution in [0.25, 0.3) is 0 Å². The number of alkyl halides is 2. The van der Waals surface area contributed by atoms with E-state index >= 15 is 0 Å². The number of benzene rings is 1. The first kappa shape index (κ1) is 14.6. The van der Waals surface area contributed by atoms with Crippen LogP contribution >= 0.6 is 39.1 Å². The number of hydrogen-bond donors (Lipinski definition) is 2. The lowest BCUT2D eigenvalue weighted by Gasteiger charge is -2.13. The lowest BCUT2D eigenvalue weighted by Crippen LogP contribution is -2.45. The van der Waals surface area contributed by atoms with Gasteiger partial charge in [0.15, 0.2) is 0 Å². The number of rotatable bonds is 2. The van der Waals surface area contributed by atoms with Crippen LogP contribution in [-0.2, 0) is 4.79 Å². The highest BCUT2D eigenvalue weighted by atomic mass is 79.9. The average molecular weight is 366 g/mol. The van der Waals surface area contributed by atoms with E-state index in [0.717, 1.165) is 4.47 Å². The first-order valence-corrected chi connectivity index (χ1v) is 7.05. The van der Waals surface area contributed by atoms with Gasteiger partial charge >= 0.3 is 0 Å². The molecule has 102 valence electrons. The number of amides is 2. The van der Waals surface area contributed by atoms with Gasteiger partial charge in [-0.1, -0.05) is 15.9 Å². The van der Waals surface area contributed by atoms with Crippen molar-refractivity contribution in [2.75, 3.05) is 0 Å². The molecule has 7 heteroatoms. The van der Waals surface area contributed by atoms with E-state index in [1.54, 1.807) is 31.2 Å². The predicted octanol–water partition coefficient (Wildman–Crippen LogP) is 2.79. The number of hydrazine groups is 1. The standard InChI is InChI=1S/C12H11BrCl2N2O2/c1-11(6-12(11,14)15)10(19)17-16-9(18)7-2-4-8(13)5-3-7/h2-5H,6H2,1H3,(H,16,18)(H,17,19). The fourth-order valence-corrected chi connectivity index (χ4v) is 2.54. The maximum Gasteiger partial charge on any atom is 0.269 e. The smallest absolute Gasteiger partial charge is 0.269 e. The van der Waals surface area contributed by atoms with Crippen molar-refractivity contribution >= 4 is 50.9 Å². The third-order valence-corrected chi connectivity index (χ3v) is 4.79. The van der Waals surface area contributed by atoms with Crippen LogP contribution < -0.4 is 10.9 Å². The molecule has 19 heavy (non-hydrogen) atoms. The molecule has 1 aliphatic rings. The summed E-state index contributed by atoms with van der Waals surface area (Å²) in [6.07, 6.45) is 0.364. The molecule has 2 N–H and O–H groups in total. The molecular formula is C12H11BrCl2N2O2. The SMILES string of the molecule is CC1(C(=O)NNC(=O)c2ccc(Br)cc2)CC1(Cl)Cl. The zero-order chi connectivity index (χ0) is 14.3. The molecule has 1 aromatic carbocycles. The van der Waals surface area contributed by atoms with Gasteiger partial charge in [0.1, 0.15) is 4.33 Å². The molecule has 4 nitrogen and oxygen atoms in total. The number of hydrogen-bond acceptors (Lipinski definition) is 2. The van der Waals surface area contributed by atoms with Crippen molar-refractivity contribution in [2.45, 2.75) is 17.7 Å². The summed E-state index contributed by atoms with van der Waals surface area (Å²) in [4.78, 5) is 23.6. The van der Waals surface area contributed by atoms with E-state index in [-0.39, 0.29) is 0 Å². The Labute approximate surface area is 128 Å². The second-order valence-electron chi connectivity index (χ2n) is 4.63. The van der Waals surface area contributed by atoms with Crippen LogP contribution in [0.1, 0.15) is 23.7 Å². The first-order chi connectivity index (χ1) is 8.76. The Bertz CT molecular complexity index is 533. The van der Waals surface area contributed by atoms with Crippen molar-refractivity contribution in [3.8, 4) is 0 Å². The van der Waals surface area contributed by atoms with E-state index in [2.05, 4.69) is 26.8 Å². The highest BCUT2D eigenvalue weighted by Gasteiger charge is 2.68. The Morgan fingerprint density at radius 1 is 1.21 bits per heavy atom. The molecule has 0 spiro atoms. The summed E-state index contributed by atoms with van der Waals surface area (Å²) in [5, 5.41) is 0. The van der Waals surface area contributed by atoms with Gasteiger partial charge in [0.25, 0.3) is 5.91 Å². The Morgan fingerprint density at radius 3 is 2.21 bits per heavy atom. The van der Waals surface area contributed by atoms with E-state index in [0.29, 0.717) is 12.0 Å². The zero-order valence-electron chi connectivity index (χ0n) is 9.97. The maximum absolute atomic E-state index is 11.8. The fourth-order valence-electron chi connectivity index (χ4n) is 1.57. The van der Waals surface area contributed by atoms with Crippen LogP contribution in [0.2, 0.25) is 0 Å². The predicted molar refractivity (Wildman–Crippen MR) is 76.9 cm³/mol. The van der Waals surface area contributed by atoms with E-state index in [9.17, 15) is 9.59 Å². The van der Waals surface area contributed by atoms with Crippen molar-refractivity contribution in [3.63, 3.8) is 0 Å². The van der Waals surface area contributed by atoms with Gasteiger partial charge in [-0.2, -0.15) is 0 Å². The van der Waals surface area contributed by atoms with Crippen molar-refractivity contribution in [2.24, 2.45) is 5.41 Å². The number of nitrogens with one attached hydrogen (secondary N) is 2. The molecule has 0 radical (unpaired) electrons. The van der Waals surface area contributed by atoms with Gasteiger partial charge in [-0.25, -0.2) is 0 Å². The molecular weight excluding hydrogens is 355 g/mol. The lowest BCUT2D eigenvalue weighted by atomic mass is 10.1. The molecule has 0 aliphatic heterocycles. The lowest BCUT2D eigenvalue weighted by molar-refractivity contribution is -0.126. The summed E-state index contributed by atoms with van der Waals surface area (Å²) in [6, 6.07) is 6.75. The summed E-state index contributed by atoms with van der Waals surface area (Å²) in [6.45, 7) is 1.65. The molecule has 1 aromatic rings. The highest BCUT2D eigenvalue weighted by molar-refractivity contribution is 9.10. The van der Waals surface area contributed by atoms with Crippen molar-refractivity contribution in [1.29, 1.82) is 0 Å². The number of halogens is 3. The molecule has 0 bridgehead atoms. The van der Waals surface area contributed by atoms with E-state index in [1.807, 2.05) is 0 Å². The van der Waals surface area contributed by atoms with Crippen molar-refractivity contribution < 1.29 is 9.59 Å². The minimum Gasteiger partial charge on any atom is -0.273 e. The summed E-state index contributed by atoms with van der Waals surface area (Å²) in [5.41, 5.74) is 4.25. The second kappa shape index (κ2) is 4.96. The highest BCUT2D eigenvalue weighted by Crippen LogP contribution is 2.63. The molecule has 1 saturated carbocycles. The zero-order valence-corrected chi connectivity index (χ0v) is 13.1. The average Bonchev–Trinajstić information content (AvgIpc) is 2.87. The number of carbonyl (C=O) groups excluding carboxylic acids is 2. The van der Waals surface area contributed by atoms with Crippen LogP contribution in [0.3, 0.4) is 0 Å². The minimum absolute atomic E-state index is 0.364. The topological polar surface area (TPSA) is 58.2 Å². The molecule has 0 heterocycles. The van der Waals surface area contributed by atoms with Gasteiger partial charge in [-0.3, -0.25) is 20.4 Å². The van der Waals surface area contributed by atoms with Crippen molar-refractivity contribution in [1.82, 2.24) is 10.9 Å². The van der Waals surface area contributed by atoms with Crippen LogP contribution in [-0.4, -0.2) is 16.1 Å². The Kier molecular flexibility index (Phi) is 3.82. The van der Waals surface area contributed by atoms with Crippen LogP contribution in [0.5, 0.6) is 0 Å². The van der Waals surface area contributed by atoms with Crippen LogP contribution in [0.4, 0.5) is 0 Å². The second-order valence-corrected chi connectivity index (χ2v) is 7.03. The van der Waals surface area contributed by atoms with E-state index < -0.39 is 21.6 Å². The van der Waals surface area contributed by atoms with Gasteiger partial charge in [0, 0.05) is 10.0 Å². The Morgan fingerprint density at radius 2 is 1.74 bits per heavy atom. The summed E-state index contributed by atoms with van der Waals surface area (Å²) in [7, 11) is 0. The normalized spacial score (nSPS) is 23.6. The van der Waals surface area contributed by atoms with Gasteiger partial charge in [-0.05, 0) is 37.6 Å². The third-order valence-electron chi connectivity index (χ3n) is 3.15. The van der Waals surface area contributed by atoms with Crippen LogP contribution in [0, 0.1) is 5.41 Å². The summed E-state index contributed by atoms with van der Waals surface area (Å²) >= 11 is 15.0. The molecule has 1 fully saturated rings. The molecule has 1 atom stereocenters. The van der Waals surface area contributed by atoms with Gasteiger partial charge < -0.3 is 0 Å². The Balaban J connectivity index is 1.91. The third kappa shape index (κ3) is 2.88. The van der Waals surface area contributed by atoms with E-state index in [1.165, 1.54) is 0 Å². The summed E-state index contributed by atoms with van der Waals surface area (Å²) in [5.74, 6) is -0.803. The van der Waals surface area contributed by atoms with Gasteiger partial charge in [-0.15, -0.1) is 23.2 Å². The summed E-state index contributed by atoms with van der Waals surface area (Å²) < 4.78 is -0.188. The fraction of sp³-hybridized carbons (Fsp3) is 0.333. The monoisotopic (exact) mass is 364 g/mol. The molecule has 2 rings (SSSR count). The molecule has 1 unspecified atom stereocenters. The largest absolute Gasteiger partial charge is 0.273 e. The first-order valence-electron chi connectivity index (χ1n) is 5.50. The molecule has 0 saturated heterocycles. The number of carbonyl (C=O) groups is 2. The van der Waals surface area contributed by atoms with Crippen molar-refractivity contribution in [3.05, 3.63) is 34.3 Å². The molecule has 1 aliphatic carbocycles. The maximum atomic E-state index is 11.8. The Hall–Kier alpha value is -0.780. The van der Waals surface area contributed by atoms with Gasteiger partial charge in [0.05, 0.1) is 5.41 Å². The quantitative estimate of drug-likeness (QED) is 0.625. The van der Waals surface area contributed by atoms with Crippen LogP contribution in [0.15, 0.2) is 28.7 Å². The molecule has 0 aromatic heterocycles.